The second-order valence-corrected chi connectivity index (χ2v) is 2.95. The molecule has 2 aromatic heterocycles. The van der Waals surface area contributed by atoms with Gasteiger partial charge in [-0.3, -0.25) is 0 Å². The van der Waals surface area contributed by atoms with E-state index >= 15 is 0 Å². The van der Waals surface area contributed by atoms with Crippen molar-refractivity contribution >= 4 is 10.9 Å². The molecule has 0 amide bonds. The molecule has 1 N–H and O–H groups in total. The third-order valence-corrected chi connectivity index (χ3v) is 1.87. The number of benzene rings is 1. The van der Waals surface area contributed by atoms with Crippen molar-refractivity contribution in [2.45, 2.75) is 0 Å². The first kappa shape index (κ1) is 10.1. The van der Waals surface area contributed by atoms with Crippen LogP contribution in [0.2, 0.25) is 0 Å². The van der Waals surface area contributed by atoms with Crippen LogP contribution in [0.15, 0.2) is 58.5 Å². The predicted molar refractivity (Wildman–Crippen MR) is 58.9 cm³/mol. The molecule has 3 rings (SSSR count). The maximum absolute atomic E-state index is 10.7. The molecule has 0 spiro atoms. The Morgan fingerprint density at radius 1 is 1.25 bits per heavy atom. The molecular formula is C11H9N3O2. The van der Waals surface area contributed by atoms with Crippen LogP contribution >= 0.6 is 0 Å². The molecular weight excluding hydrogens is 206 g/mol. The molecule has 3 aromatic rings. The van der Waals surface area contributed by atoms with Crippen molar-refractivity contribution < 1.29 is 4.42 Å². The van der Waals surface area contributed by atoms with E-state index in [-0.39, 0.29) is 5.69 Å². The maximum atomic E-state index is 10.7. The third kappa shape index (κ3) is 2.54. The molecule has 0 saturated heterocycles. The highest BCUT2D eigenvalue weighted by Gasteiger charge is 1.90. The average molecular weight is 215 g/mol. The zero-order chi connectivity index (χ0) is 11.2. The van der Waals surface area contributed by atoms with Crippen molar-refractivity contribution in [2.75, 3.05) is 0 Å². The van der Waals surface area contributed by atoms with Crippen LogP contribution in [0.1, 0.15) is 0 Å². The summed E-state index contributed by atoms with van der Waals surface area (Å²) in [6.07, 6.45) is 6.04. The van der Waals surface area contributed by atoms with Crippen molar-refractivity contribution in [3.05, 3.63) is 59.8 Å². The molecule has 2 heterocycles. The van der Waals surface area contributed by atoms with Crippen molar-refractivity contribution in [2.24, 2.45) is 0 Å². The fourth-order valence-electron chi connectivity index (χ4n) is 1.17. The SMILES string of the molecule is O=c1ncc2ccccc2[nH]1.c1cocn1. The lowest BCUT2D eigenvalue weighted by Crippen LogP contribution is -2.07. The smallest absolute Gasteiger partial charge is 0.345 e. The minimum absolute atomic E-state index is 0.302. The van der Waals surface area contributed by atoms with Gasteiger partial charge in [0.2, 0.25) is 0 Å². The van der Waals surface area contributed by atoms with Gasteiger partial charge in [-0.1, -0.05) is 18.2 Å². The molecule has 1 aromatic carbocycles. The van der Waals surface area contributed by atoms with Gasteiger partial charge in [0.05, 0.1) is 11.7 Å². The Bertz CT molecular complexity index is 584. The Morgan fingerprint density at radius 3 is 2.81 bits per heavy atom. The van der Waals surface area contributed by atoms with E-state index < -0.39 is 0 Å². The summed E-state index contributed by atoms with van der Waals surface area (Å²) in [4.78, 5) is 20.5. The zero-order valence-corrected chi connectivity index (χ0v) is 8.33. The summed E-state index contributed by atoms with van der Waals surface area (Å²) in [5, 5.41) is 0.951. The van der Waals surface area contributed by atoms with Crippen LogP contribution in [0, 0.1) is 0 Å². The molecule has 0 aliphatic carbocycles. The summed E-state index contributed by atoms with van der Waals surface area (Å²) in [5.74, 6) is 0. The van der Waals surface area contributed by atoms with E-state index in [0.717, 1.165) is 10.9 Å². The van der Waals surface area contributed by atoms with E-state index in [0.29, 0.717) is 0 Å². The van der Waals surface area contributed by atoms with E-state index in [2.05, 4.69) is 19.4 Å². The van der Waals surface area contributed by atoms with E-state index in [4.69, 9.17) is 0 Å². The first-order valence-electron chi connectivity index (χ1n) is 4.62. The summed E-state index contributed by atoms with van der Waals surface area (Å²) < 4.78 is 4.47. The van der Waals surface area contributed by atoms with Crippen LogP contribution < -0.4 is 5.69 Å². The second-order valence-electron chi connectivity index (χ2n) is 2.95. The Hall–Kier alpha value is -2.43. The van der Waals surface area contributed by atoms with Gasteiger partial charge in [-0.15, -0.1) is 0 Å². The van der Waals surface area contributed by atoms with Gasteiger partial charge in [-0.25, -0.2) is 14.8 Å². The lowest BCUT2D eigenvalue weighted by molar-refractivity contribution is 0.558. The topological polar surface area (TPSA) is 71.8 Å². The van der Waals surface area contributed by atoms with Gasteiger partial charge >= 0.3 is 5.69 Å². The van der Waals surface area contributed by atoms with Gasteiger partial charge in [0.15, 0.2) is 6.39 Å². The molecule has 0 fully saturated rings. The highest BCUT2D eigenvalue weighted by molar-refractivity contribution is 5.76. The Balaban J connectivity index is 0.000000162. The first-order chi connectivity index (χ1) is 7.86. The summed E-state index contributed by atoms with van der Waals surface area (Å²) in [6.45, 7) is 0. The Morgan fingerprint density at radius 2 is 2.12 bits per heavy atom. The standard InChI is InChI=1S/C8H6N2O.C3H3NO/c11-8-9-5-6-3-1-2-4-7(6)10-8;1-2-5-3-4-1/h1-5H,(H,9,10,11);1-3H. The third-order valence-electron chi connectivity index (χ3n) is 1.87. The Kier molecular flexibility index (Phi) is 3.08. The van der Waals surface area contributed by atoms with Gasteiger partial charge in [0.1, 0.15) is 6.26 Å². The van der Waals surface area contributed by atoms with Crippen molar-refractivity contribution in [1.82, 2.24) is 15.0 Å². The predicted octanol–water partition coefficient (Wildman–Crippen LogP) is 1.60. The van der Waals surface area contributed by atoms with Crippen LogP contribution in [0.4, 0.5) is 0 Å². The molecule has 0 aliphatic rings. The normalized spacial score (nSPS) is 9.50. The van der Waals surface area contributed by atoms with Gasteiger partial charge in [-0.05, 0) is 6.07 Å². The monoisotopic (exact) mass is 215 g/mol. The highest BCUT2D eigenvalue weighted by Crippen LogP contribution is 2.05. The summed E-state index contributed by atoms with van der Waals surface area (Å²) >= 11 is 0. The number of aromatic nitrogens is 3. The van der Waals surface area contributed by atoms with E-state index in [1.54, 1.807) is 12.4 Å². The molecule has 5 nitrogen and oxygen atoms in total. The fourth-order valence-corrected chi connectivity index (χ4v) is 1.17. The lowest BCUT2D eigenvalue weighted by atomic mass is 10.2. The minimum Gasteiger partial charge on any atom is -0.452 e. The van der Waals surface area contributed by atoms with E-state index in [1.165, 1.54) is 12.7 Å². The van der Waals surface area contributed by atoms with Crippen LogP contribution in [0.3, 0.4) is 0 Å². The number of nitrogens with one attached hydrogen (secondary N) is 1. The number of hydrogen-bond donors (Lipinski definition) is 1. The molecule has 0 bridgehead atoms. The fraction of sp³-hybridized carbons (Fsp3) is 0. The zero-order valence-electron chi connectivity index (χ0n) is 8.33. The quantitative estimate of drug-likeness (QED) is 0.618. The molecule has 5 heteroatoms. The average Bonchev–Trinajstić information content (AvgIpc) is 2.87. The number of aromatic amines is 1. The van der Waals surface area contributed by atoms with E-state index in [1.807, 2.05) is 24.3 Å². The van der Waals surface area contributed by atoms with Gasteiger partial charge in [0.25, 0.3) is 0 Å². The number of para-hydroxylation sites is 1. The molecule has 16 heavy (non-hydrogen) atoms. The van der Waals surface area contributed by atoms with Crippen LogP contribution in [-0.2, 0) is 0 Å². The largest absolute Gasteiger partial charge is 0.452 e. The van der Waals surface area contributed by atoms with Crippen molar-refractivity contribution in [1.29, 1.82) is 0 Å². The first-order valence-corrected chi connectivity index (χ1v) is 4.62. The second kappa shape index (κ2) is 4.88. The Labute approximate surface area is 90.8 Å². The summed E-state index contributed by atoms with van der Waals surface area (Å²) in [7, 11) is 0. The van der Waals surface area contributed by atoms with Crippen molar-refractivity contribution in [3.8, 4) is 0 Å². The van der Waals surface area contributed by atoms with Crippen LogP contribution in [0.5, 0.6) is 0 Å². The summed E-state index contributed by atoms with van der Waals surface area (Å²) in [6, 6.07) is 7.53. The van der Waals surface area contributed by atoms with Crippen LogP contribution in [-0.4, -0.2) is 15.0 Å². The number of nitrogens with zero attached hydrogens (tertiary/aromatic N) is 2. The number of hydrogen-bond acceptors (Lipinski definition) is 4. The van der Waals surface area contributed by atoms with Gasteiger partial charge < -0.3 is 9.40 Å². The van der Waals surface area contributed by atoms with E-state index in [9.17, 15) is 4.79 Å². The molecule has 80 valence electrons. The molecule has 0 aliphatic heterocycles. The van der Waals surface area contributed by atoms with Crippen LogP contribution in [0.25, 0.3) is 10.9 Å². The molecule has 0 atom stereocenters. The number of oxazole rings is 1. The molecule has 0 unspecified atom stereocenters. The minimum atomic E-state index is -0.302. The molecule has 0 saturated carbocycles. The maximum Gasteiger partial charge on any atom is 0.345 e. The van der Waals surface area contributed by atoms with Gasteiger partial charge in [0, 0.05) is 11.6 Å². The number of H-pyrrole nitrogens is 1. The van der Waals surface area contributed by atoms with Crippen molar-refractivity contribution in [3.63, 3.8) is 0 Å². The number of rotatable bonds is 0. The highest BCUT2D eigenvalue weighted by atomic mass is 16.3. The lowest BCUT2D eigenvalue weighted by Gasteiger charge is -1.92. The molecule has 0 radical (unpaired) electrons. The number of fused-ring (bicyclic) bond motifs is 1. The summed E-state index contributed by atoms with van der Waals surface area (Å²) in [5.41, 5.74) is 0.524. The van der Waals surface area contributed by atoms with Gasteiger partial charge in [-0.2, -0.15) is 0 Å².